The molecule has 1 aliphatic rings. The number of urea groups is 1. The highest BCUT2D eigenvalue weighted by atomic mass is 19.1. The lowest BCUT2D eigenvalue weighted by Crippen LogP contribution is -2.42. The number of nitrogens with one attached hydrogen (secondary N) is 3. The lowest BCUT2D eigenvalue weighted by molar-refractivity contribution is 0.249. The number of amides is 2. The summed E-state index contributed by atoms with van der Waals surface area (Å²) in [7, 11) is 0. The monoisotopic (exact) mass is 278 g/mol. The van der Waals surface area contributed by atoms with Crippen LogP contribution < -0.4 is 15.5 Å². The molecule has 20 heavy (non-hydrogen) atoms. The van der Waals surface area contributed by atoms with Gasteiger partial charge in [0, 0.05) is 13.1 Å². The van der Waals surface area contributed by atoms with E-state index in [-0.39, 0.29) is 11.8 Å². The fourth-order valence-electron chi connectivity index (χ4n) is 1.82. The van der Waals surface area contributed by atoms with E-state index in [4.69, 9.17) is 5.41 Å². The second kappa shape index (κ2) is 7.00. The lowest BCUT2D eigenvalue weighted by atomic mass is 10.3. The summed E-state index contributed by atoms with van der Waals surface area (Å²) in [4.78, 5) is 13.1. The maximum absolute atomic E-state index is 12.8. The molecule has 1 aliphatic carbocycles. The topological polar surface area (TPSA) is 68.2 Å². The van der Waals surface area contributed by atoms with Crippen LogP contribution in [0.4, 0.5) is 14.9 Å². The lowest BCUT2D eigenvalue weighted by Gasteiger charge is -2.17. The Bertz CT molecular complexity index is 459. The molecule has 0 atom stereocenters. The number of carbonyl (C=O) groups is 1. The highest BCUT2D eigenvalue weighted by molar-refractivity contribution is 6.06. The molecule has 0 spiro atoms. The van der Waals surface area contributed by atoms with Crippen molar-refractivity contribution in [1.29, 1.82) is 5.41 Å². The zero-order chi connectivity index (χ0) is 14.4. The van der Waals surface area contributed by atoms with Gasteiger partial charge in [-0.05, 0) is 49.6 Å². The van der Waals surface area contributed by atoms with E-state index in [1.54, 1.807) is 0 Å². The average Bonchev–Trinajstić information content (AvgIpc) is 3.25. The van der Waals surface area contributed by atoms with Crippen molar-refractivity contribution in [3.05, 3.63) is 30.1 Å². The third kappa shape index (κ3) is 4.31. The van der Waals surface area contributed by atoms with Gasteiger partial charge in [0.15, 0.2) is 0 Å². The van der Waals surface area contributed by atoms with E-state index in [2.05, 4.69) is 10.6 Å². The van der Waals surface area contributed by atoms with Gasteiger partial charge in [-0.1, -0.05) is 0 Å². The summed E-state index contributed by atoms with van der Waals surface area (Å²) >= 11 is 0. The van der Waals surface area contributed by atoms with Crippen molar-refractivity contribution < 1.29 is 9.18 Å². The molecular formula is C14H19FN4O. The van der Waals surface area contributed by atoms with Crippen molar-refractivity contribution in [2.75, 3.05) is 24.5 Å². The maximum Gasteiger partial charge on any atom is 0.327 e. The second-order valence-corrected chi connectivity index (χ2v) is 4.85. The van der Waals surface area contributed by atoms with Gasteiger partial charge in [0.05, 0.1) is 12.0 Å². The molecule has 0 radical (unpaired) electrons. The normalized spacial score (nSPS) is 13.8. The number of anilines is 1. The van der Waals surface area contributed by atoms with E-state index >= 15 is 0 Å². The molecule has 0 aliphatic heterocycles. The summed E-state index contributed by atoms with van der Waals surface area (Å²) < 4.78 is 12.8. The Hall–Kier alpha value is -1.95. The van der Waals surface area contributed by atoms with Gasteiger partial charge in [0.1, 0.15) is 5.82 Å². The molecule has 3 N–H and O–H groups in total. The number of carbonyl (C=O) groups excluding carboxylic acids is 1. The molecule has 2 amide bonds. The molecule has 0 aromatic heterocycles. The van der Waals surface area contributed by atoms with Gasteiger partial charge in [-0.2, -0.15) is 0 Å². The zero-order valence-electron chi connectivity index (χ0n) is 11.2. The van der Waals surface area contributed by atoms with Gasteiger partial charge in [0.2, 0.25) is 0 Å². The van der Waals surface area contributed by atoms with E-state index in [9.17, 15) is 9.18 Å². The van der Waals surface area contributed by atoms with Gasteiger partial charge in [0.25, 0.3) is 0 Å². The highest BCUT2D eigenvalue weighted by Crippen LogP contribution is 2.27. The minimum absolute atomic E-state index is 0.372. The smallest absolute Gasteiger partial charge is 0.327 e. The van der Waals surface area contributed by atoms with Crippen molar-refractivity contribution in [2.24, 2.45) is 5.92 Å². The SMILES string of the molecule is N=CN(C(=O)NCCNCC1CC1)c1ccc(F)cc1. The van der Waals surface area contributed by atoms with Crippen LogP contribution in [0.5, 0.6) is 0 Å². The van der Waals surface area contributed by atoms with Gasteiger partial charge >= 0.3 is 6.03 Å². The predicted molar refractivity (Wildman–Crippen MR) is 76.7 cm³/mol. The summed E-state index contributed by atoms with van der Waals surface area (Å²) in [6.45, 7) is 2.21. The summed E-state index contributed by atoms with van der Waals surface area (Å²) in [5.41, 5.74) is 0.463. The molecular weight excluding hydrogens is 259 g/mol. The van der Waals surface area contributed by atoms with Crippen molar-refractivity contribution in [3.8, 4) is 0 Å². The van der Waals surface area contributed by atoms with E-state index in [0.29, 0.717) is 18.8 Å². The molecule has 1 fully saturated rings. The summed E-state index contributed by atoms with van der Waals surface area (Å²) in [6, 6.07) is 5.06. The van der Waals surface area contributed by atoms with Crippen LogP contribution in [0, 0.1) is 17.1 Å². The minimum atomic E-state index is -0.389. The summed E-state index contributed by atoms with van der Waals surface area (Å²) in [5.74, 6) is 0.436. The van der Waals surface area contributed by atoms with Gasteiger partial charge < -0.3 is 10.6 Å². The Kier molecular flexibility index (Phi) is 5.06. The fraction of sp³-hybridized carbons (Fsp3) is 0.429. The first-order chi connectivity index (χ1) is 9.70. The van der Waals surface area contributed by atoms with E-state index in [0.717, 1.165) is 23.7 Å². The van der Waals surface area contributed by atoms with E-state index in [1.165, 1.54) is 37.1 Å². The minimum Gasteiger partial charge on any atom is -0.336 e. The second-order valence-electron chi connectivity index (χ2n) is 4.85. The van der Waals surface area contributed by atoms with Crippen molar-refractivity contribution in [3.63, 3.8) is 0 Å². The first kappa shape index (κ1) is 14.5. The molecule has 0 bridgehead atoms. The Labute approximate surface area is 117 Å². The summed E-state index contributed by atoms with van der Waals surface area (Å²) in [5, 5.41) is 13.3. The number of nitrogens with zero attached hydrogens (tertiary/aromatic N) is 1. The van der Waals surface area contributed by atoms with Crippen molar-refractivity contribution in [2.45, 2.75) is 12.8 Å². The van der Waals surface area contributed by atoms with E-state index in [1.807, 2.05) is 0 Å². The molecule has 0 unspecified atom stereocenters. The van der Waals surface area contributed by atoms with Crippen LogP contribution in [0.15, 0.2) is 24.3 Å². The number of rotatable bonds is 7. The Morgan fingerprint density at radius 1 is 1.35 bits per heavy atom. The zero-order valence-corrected chi connectivity index (χ0v) is 11.2. The van der Waals surface area contributed by atoms with Crippen LogP contribution in [0.3, 0.4) is 0 Å². The van der Waals surface area contributed by atoms with Crippen molar-refractivity contribution >= 4 is 18.1 Å². The fourth-order valence-corrected chi connectivity index (χ4v) is 1.82. The highest BCUT2D eigenvalue weighted by Gasteiger charge is 2.20. The first-order valence-electron chi connectivity index (χ1n) is 6.74. The molecule has 0 heterocycles. The van der Waals surface area contributed by atoms with Crippen LogP contribution in [-0.2, 0) is 0 Å². The Morgan fingerprint density at radius 3 is 2.65 bits per heavy atom. The number of halogens is 1. The number of benzene rings is 1. The molecule has 1 aromatic carbocycles. The largest absolute Gasteiger partial charge is 0.336 e. The van der Waals surface area contributed by atoms with Crippen LogP contribution in [-0.4, -0.2) is 32.0 Å². The number of hydrogen-bond donors (Lipinski definition) is 3. The average molecular weight is 278 g/mol. The van der Waals surface area contributed by atoms with Gasteiger partial charge in [-0.15, -0.1) is 0 Å². The molecule has 1 aromatic rings. The predicted octanol–water partition coefficient (Wildman–Crippen LogP) is 1.95. The molecule has 5 nitrogen and oxygen atoms in total. The van der Waals surface area contributed by atoms with Crippen molar-refractivity contribution in [1.82, 2.24) is 10.6 Å². The standard InChI is InChI=1S/C14H19FN4O/c15-12-3-5-13(6-4-12)19(10-16)14(20)18-8-7-17-9-11-1-2-11/h3-6,10-11,16-17H,1-2,7-9H2,(H,18,20). The molecule has 6 heteroatoms. The number of hydrogen-bond acceptors (Lipinski definition) is 3. The quantitative estimate of drug-likeness (QED) is 0.405. The van der Waals surface area contributed by atoms with E-state index < -0.39 is 0 Å². The molecule has 2 rings (SSSR count). The van der Waals surface area contributed by atoms with Gasteiger partial charge in [-0.3, -0.25) is 10.3 Å². The maximum atomic E-state index is 12.8. The third-order valence-corrected chi connectivity index (χ3v) is 3.16. The third-order valence-electron chi connectivity index (χ3n) is 3.16. The van der Waals surface area contributed by atoms with Gasteiger partial charge in [-0.25, -0.2) is 9.18 Å². The van der Waals surface area contributed by atoms with Crippen LogP contribution in [0.25, 0.3) is 0 Å². The van der Waals surface area contributed by atoms with Crippen LogP contribution in [0.2, 0.25) is 0 Å². The Morgan fingerprint density at radius 2 is 2.05 bits per heavy atom. The first-order valence-corrected chi connectivity index (χ1v) is 6.74. The van der Waals surface area contributed by atoms with Crippen LogP contribution >= 0.6 is 0 Å². The Balaban J connectivity index is 1.75. The van der Waals surface area contributed by atoms with Crippen LogP contribution in [0.1, 0.15) is 12.8 Å². The summed E-state index contributed by atoms with van der Waals surface area (Å²) in [6.07, 6.45) is 3.51. The molecule has 0 saturated heterocycles. The molecule has 108 valence electrons. The molecule has 1 saturated carbocycles.